The van der Waals surface area contributed by atoms with Gasteiger partial charge in [0.2, 0.25) is 0 Å². The van der Waals surface area contributed by atoms with E-state index in [4.69, 9.17) is 19.7 Å². The summed E-state index contributed by atoms with van der Waals surface area (Å²) in [5.74, 6) is -0.777. The molecule has 0 radical (unpaired) electrons. The van der Waals surface area contributed by atoms with Gasteiger partial charge in [0, 0.05) is 99.9 Å². The van der Waals surface area contributed by atoms with Crippen molar-refractivity contribution < 1.29 is 47.1 Å². The number of nitrogens with one attached hydrogen (secondary N) is 1. The maximum Gasteiger partial charge on any atom is 0.339 e. The molecule has 0 amide bonds. The second kappa shape index (κ2) is 22.7. The molecule has 5 N–H and O–H groups in total. The van der Waals surface area contributed by atoms with Crippen LogP contribution >= 0.6 is 45.2 Å². The smallest absolute Gasteiger partial charge is 0.339 e. The summed E-state index contributed by atoms with van der Waals surface area (Å²) in [7, 11) is -3.90. The van der Waals surface area contributed by atoms with Gasteiger partial charge in [0.1, 0.15) is 11.6 Å². The third kappa shape index (κ3) is 11.6. The minimum absolute atomic E-state index is 0. The van der Waals surface area contributed by atoms with E-state index in [-0.39, 0.29) is 99.0 Å². The molecule has 2 fully saturated rings. The fourth-order valence-electron chi connectivity index (χ4n) is 9.51. The number of rotatable bonds is 12. The Balaban J connectivity index is 0.000000212. The molecule has 2 aliphatic carbocycles. The Morgan fingerprint density at radius 3 is 1.43 bits per heavy atom. The first-order valence-electron chi connectivity index (χ1n) is 23.2. The van der Waals surface area contributed by atoms with E-state index in [0.717, 1.165) is 49.6 Å². The van der Waals surface area contributed by atoms with E-state index in [2.05, 4.69) is 27.3 Å². The summed E-state index contributed by atoms with van der Waals surface area (Å²) in [6.07, 6.45) is 3.72. The van der Waals surface area contributed by atoms with Crippen LogP contribution in [0.2, 0.25) is 0 Å². The first-order chi connectivity index (χ1) is 34.2. The van der Waals surface area contributed by atoms with Gasteiger partial charge in [0.05, 0.1) is 10.8 Å². The van der Waals surface area contributed by atoms with Crippen LogP contribution in [0.3, 0.4) is 0 Å². The Hall–Kier alpha value is -4.96. The molecule has 13 nitrogen and oxygen atoms in total. The molecule has 8 aromatic rings. The number of hydrogen-bond acceptors (Lipinski definition) is 9. The van der Waals surface area contributed by atoms with E-state index in [1.54, 1.807) is 54.8 Å². The summed E-state index contributed by atoms with van der Waals surface area (Å²) >= 11 is 4.08. The SMILES string of the molecule is Cc1c(Cc2ccc(I)cc2F)c2c(=O)n(C3CC3)c(C)c(-c3cccc(CN)c3)c2oc1=O.Cc1c(Cc2ccc(I)cc2F)c2c(=O)n(C3CC3)c(C)c(-c3cccc(CNS(N)(=O)=O)c3)c2oc1=O.[CH3-].[W]. The third-order valence-electron chi connectivity index (χ3n) is 13.5. The van der Waals surface area contributed by atoms with Crippen LogP contribution in [0.4, 0.5) is 8.78 Å². The summed E-state index contributed by atoms with van der Waals surface area (Å²) in [4.78, 5) is 53.8. The van der Waals surface area contributed by atoms with Gasteiger partial charge in [-0.15, -0.1) is 0 Å². The van der Waals surface area contributed by atoms with Gasteiger partial charge in [-0.2, -0.15) is 13.1 Å². The number of pyridine rings is 2. The van der Waals surface area contributed by atoms with Crippen molar-refractivity contribution in [1.29, 1.82) is 0 Å². The largest absolute Gasteiger partial charge is 0.422 e. The molecular weight excluding hydrogens is 1370 g/mol. The van der Waals surface area contributed by atoms with Crippen LogP contribution in [-0.4, -0.2) is 17.6 Å². The molecule has 0 saturated heterocycles. The van der Waals surface area contributed by atoms with Gasteiger partial charge in [-0.05, 0) is 179 Å². The summed E-state index contributed by atoms with van der Waals surface area (Å²) < 4.78 is 71.4. The Morgan fingerprint density at radius 2 is 1.05 bits per heavy atom. The predicted octanol–water partition coefficient (Wildman–Crippen LogP) is 10.0. The minimum atomic E-state index is -3.90. The van der Waals surface area contributed by atoms with E-state index in [9.17, 15) is 36.4 Å². The number of nitrogens with two attached hydrogens (primary N) is 2. The molecule has 4 aromatic heterocycles. The Kier molecular flexibility index (Phi) is 17.4. The molecule has 19 heteroatoms. The summed E-state index contributed by atoms with van der Waals surface area (Å²) in [5, 5.41) is 5.68. The van der Waals surface area contributed by atoms with Crippen molar-refractivity contribution in [2.75, 3.05) is 0 Å². The molecule has 0 atom stereocenters. The van der Waals surface area contributed by atoms with Crippen LogP contribution < -0.4 is 38.0 Å². The minimum Gasteiger partial charge on any atom is -0.422 e. The average molecular weight is 1420 g/mol. The number of hydrogen-bond donors (Lipinski definition) is 3. The Morgan fingerprint density at radius 1 is 0.649 bits per heavy atom. The van der Waals surface area contributed by atoms with E-state index in [1.807, 2.05) is 77.4 Å². The van der Waals surface area contributed by atoms with Gasteiger partial charge >= 0.3 is 11.3 Å². The van der Waals surface area contributed by atoms with E-state index >= 15 is 0 Å². The van der Waals surface area contributed by atoms with Crippen molar-refractivity contribution in [3.8, 4) is 22.3 Å². The molecule has 74 heavy (non-hydrogen) atoms. The zero-order valence-corrected chi connectivity index (χ0v) is 49.1. The molecule has 0 spiro atoms. The second-order valence-corrected chi connectivity index (χ2v) is 22.3. The zero-order chi connectivity index (χ0) is 51.5. The predicted molar refractivity (Wildman–Crippen MR) is 298 cm³/mol. The van der Waals surface area contributed by atoms with Crippen molar-refractivity contribution in [3.05, 3.63) is 209 Å². The van der Waals surface area contributed by atoms with E-state index in [1.165, 1.54) is 12.1 Å². The first-order valence-corrected chi connectivity index (χ1v) is 26.9. The molecule has 0 bridgehead atoms. The topological polar surface area (TPSA) is 203 Å². The van der Waals surface area contributed by atoms with Gasteiger partial charge in [-0.25, -0.2) is 23.5 Å². The Bertz CT molecular complexity index is 3910. The van der Waals surface area contributed by atoms with Crippen molar-refractivity contribution in [1.82, 2.24) is 13.9 Å². The molecule has 4 aromatic carbocycles. The molecular formula is C55H52F2I2N5O8SW-. The Labute approximate surface area is 467 Å². The quantitative estimate of drug-likeness (QED) is 0.0786. The number of aromatic nitrogens is 2. The van der Waals surface area contributed by atoms with Gasteiger partial charge in [0.15, 0.2) is 11.2 Å². The maximum absolute atomic E-state index is 14.8. The van der Waals surface area contributed by atoms with Gasteiger partial charge in [-0.1, -0.05) is 48.5 Å². The monoisotopic (exact) mass is 1420 g/mol. The van der Waals surface area contributed by atoms with Crippen LogP contribution in [0, 0.1) is 53.9 Å². The standard InChI is InChI=1S/C27H25FIN3O5S.C27H24FIN2O3.CH3.W/c1-14-21(11-17-6-7-19(29)12-22(17)28)24-25(37-27(14)34)23(15(2)32(26(24)33)20-8-9-20)18-5-3-4-16(10-18)13-31-38(30,35)36;1-14-21(11-17-6-7-19(29)12-22(17)28)24-25(34-27(14)33)23(18-5-3-4-16(10-18)13-30)15(2)31(26(24)32)20-8-9-20;;/h3-7,10,12,20,31H,8-9,11,13H2,1-2H3,(H2,30,35,36);3-7,10,12,20H,8-9,11,13,30H2,1-2H3;1H3;/q;;-1;. The number of halogens is 4. The van der Waals surface area contributed by atoms with Crippen LogP contribution in [0.25, 0.3) is 44.2 Å². The molecule has 386 valence electrons. The molecule has 0 unspecified atom stereocenters. The number of benzene rings is 4. The van der Waals surface area contributed by atoms with Gasteiger partial charge in [0.25, 0.3) is 21.3 Å². The fraction of sp³-hybridized carbons (Fsp3) is 0.255. The van der Waals surface area contributed by atoms with Crippen LogP contribution in [0.1, 0.15) is 93.7 Å². The summed E-state index contributed by atoms with van der Waals surface area (Å²) in [6, 6.07) is 24.8. The zero-order valence-electron chi connectivity index (χ0n) is 41.0. The molecule has 4 heterocycles. The van der Waals surface area contributed by atoms with Gasteiger partial charge in [-0.3, -0.25) is 9.59 Å². The van der Waals surface area contributed by atoms with Crippen LogP contribution in [-0.2, 0) is 57.2 Å². The summed E-state index contributed by atoms with van der Waals surface area (Å²) in [5.41, 5.74) is 12.7. The van der Waals surface area contributed by atoms with Crippen LogP contribution in [0.5, 0.6) is 0 Å². The van der Waals surface area contributed by atoms with E-state index < -0.39 is 27.3 Å². The summed E-state index contributed by atoms with van der Waals surface area (Å²) in [6.45, 7) is 7.26. The first kappa shape index (κ1) is 56.8. The van der Waals surface area contributed by atoms with Crippen molar-refractivity contribution in [2.24, 2.45) is 10.9 Å². The molecule has 10 rings (SSSR count). The fourth-order valence-corrected chi connectivity index (χ4v) is 10.8. The maximum atomic E-state index is 14.8. The number of fused-ring (bicyclic) bond motifs is 2. The van der Waals surface area contributed by atoms with Crippen molar-refractivity contribution in [3.63, 3.8) is 0 Å². The molecule has 0 aliphatic heterocycles. The van der Waals surface area contributed by atoms with Crippen molar-refractivity contribution >= 4 is 77.3 Å². The molecule has 2 saturated carbocycles. The second-order valence-electron chi connectivity index (χ2n) is 18.4. The van der Waals surface area contributed by atoms with Crippen molar-refractivity contribution in [2.45, 2.75) is 91.4 Å². The van der Waals surface area contributed by atoms with E-state index in [0.29, 0.717) is 67.7 Å². The van der Waals surface area contributed by atoms with Gasteiger partial charge < -0.3 is 31.1 Å². The normalized spacial score (nSPS) is 13.3. The molecule has 2 aliphatic rings. The third-order valence-corrected chi connectivity index (χ3v) is 15.4. The number of nitrogens with zero attached hydrogens (tertiary/aromatic N) is 2. The average Bonchev–Trinajstić information content (AvgIpc) is 4.28. The van der Waals surface area contributed by atoms with Crippen LogP contribution in [0.15, 0.2) is 113 Å².